The van der Waals surface area contributed by atoms with Gasteiger partial charge < -0.3 is 14.9 Å². The number of halogens is 1. The molecule has 3 N–H and O–H groups in total. The van der Waals surface area contributed by atoms with Gasteiger partial charge in [-0.05, 0) is 24.3 Å². The molecule has 2 aromatic rings. The van der Waals surface area contributed by atoms with Crippen molar-refractivity contribution in [3.8, 4) is 17.5 Å². The van der Waals surface area contributed by atoms with Gasteiger partial charge in [-0.15, -0.1) is 0 Å². The normalized spacial score (nSPS) is 10.3. The number of Topliss-reactive ketones (excluding diaryl/α,β-unsaturated/α-hetero) is 1. The van der Waals surface area contributed by atoms with Crippen LogP contribution in [0.25, 0.3) is 0 Å². The third kappa shape index (κ3) is 4.00. The Balaban J connectivity index is 1.87. The number of ketones is 1. The quantitative estimate of drug-likeness (QED) is 0.582. The van der Waals surface area contributed by atoms with Crippen LogP contribution in [-0.2, 0) is 4.79 Å². The van der Waals surface area contributed by atoms with Crippen LogP contribution in [0.2, 0.25) is 5.02 Å². The summed E-state index contributed by atoms with van der Waals surface area (Å²) in [6.07, 6.45) is -0.176. The highest BCUT2D eigenvalue weighted by molar-refractivity contribution is 6.30. The number of ether oxygens (including phenoxy) is 1. The number of benzene rings is 1. The Morgan fingerprint density at radius 1 is 1.14 bits per heavy atom. The summed E-state index contributed by atoms with van der Waals surface area (Å²) < 4.78 is 4.82. The molecule has 0 unspecified atom stereocenters. The zero-order valence-electron chi connectivity index (χ0n) is 10.8. The van der Waals surface area contributed by atoms with E-state index in [1.165, 1.54) is 0 Å². The minimum absolute atomic E-state index is 0.0301. The number of H-pyrrole nitrogens is 1. The maximum absolute atomic E-state index is 11.8. The van der Waals surface area contributed by atoms with Gasteiger partial charge in [-0.25, -0.2) is 0 Å². The third-order valence-electron chi connectivity index (χ3n) is 2.69. The van der Waals surface area contributed by atoms with Gasteiger partial charge in [-0.1, -0.05) is 11.6 Å². The molecule has 1 heterocycles. The molecule has 0 bridgehead atoms. The molecule has 0 saturated heterocycles. The number of aromatic hydroxyl groups is 2. The van der Waals surface area contributed by atoms with Crippen molar-refractivity contribution in [1.29, 1.82) is 0 Å². The predicted octanol–water partition coefficient (Wildman–Crippen LogP) is 2.65. The van der Waals surface area contributed by atoms with E-state index < -0.39 is 11.8 Å². The Morgan fingerprint density at radius 2 is 1.81 bits per heavy atom. The highest BCUT2D eigenvalue weighted by Gasteiger charge is 2.14. The fourth-order valence-electron chi connectivity index (χ4n) is 1.66. The van der Waals surface area contributed by atoms with Crippen molar-refractivity contribution in [2.24, 2.45) is 0 Å². The van der Waals surface area contributed by atoms with Crippen molar-refractivity contribution >= 4 is 23.4 Å². The standard InChI is InChI=1S/C14H12ClNO5/c15-9-3-1-8(2-4-9)10(17)5-6-13(19)21-11-7-12(18)16-14(11)20/h1-4,7,16,18,20H,5-6H2. The minimum Gasteiger partial charge on any atom is -0.494 e. The molecule has 0 aliphatic rings. The first-order chi connectivity index (χ1) is 9.95. The van der Waals surface area contributed by atoms with Crippen LogP contribution < -0.4 is 4.74 Å². The smallest absolute Gasteiger partial charge is 0.311 e. The number of hydrogen-bond acceptors (Lipinski definition) is 5. The van der Waals surface area contributed by atoms with Gasteiger partial charge >= 0.3 is 5.97 Å². The van der Waals surface area contributed by atoms with Crippen molar-refractivity contribution in [1.82, 2.24) is 4.98 Å². The molecule has 7 heteroatoms. The van der Waals surface area contributed by atoms with E-state index in [1.807, 2.05) is 0 Å². The van der Waals surface area contributed by atoms with Gasteiger partial charge in [0.15, 0.2) is 17.4 Å². The first-order valence-corrected chi connectivity index (χ1v) is 6.44. The number of carbonyl (C=O) groups is 2. The molecule has 1 aromatic carbocycles. The summed E-state index contributed by atoms with van der Waals surface area (Å²) in [6, 6.07) is 7.40. The van der Waals surface area contributed by atoms with Crippen LogP contribution in [0.5, 0.6) is 17.5 Å². The average Bonchev–Trinajstić information content (AvgIpc) is 2.75. The highest BCUT2D eigenvalue weighted by atomic mass is 35.5. The van der Waals surface area contributed by atoms with Crippen LogP contribution in [0.4, 0.5) is 0 Å². The van der Waals surface area contributed by atoms with Crippen LogP contribution in [0.1, 0.15) is 23.2 Å². The van der Waals surface area contributed by atoms with Gasteiger partial charge in [0.2, 0.25) is 5.88 Å². The van der Waals surface area contributed by atoms with Gasteiger partial charge in [-0.2, -0.15) is 0 Å². The first-order valence-electron chi connectivity index (χ1n) is 6.06. The topological polar surface area (TPSA) is 99.6 Å². The lowest BCUT2D eigenvalue weighted by Crippen LogP contribution is -2.10. The van der Waals surface area contributed by atoms with E-state index in [2.05, 4.69) is 4.98 Å². The summed E-state index contributed by atoms with van der Waals surface area (Å²) in [6.45, 7) is 0. The fourth-order valence-corrected chi connectivity index (χ4v) is 1.78. The zero-order chi connectivity index (χ0) is 15.4. The Kier molecular flexibility index (Phi) is 4.49. The summed E-state index contributed by atoms with van der Waals surface area (Å²) >= 11 is 5.72. The van der Waals surface area contributed by atoms with Gasteiger partial charge in [0.25, 0.3) is 0 Å². The summed E-state index contributed by atoms with van der Waals surface area (Å²) in [5, 5.41) is 18.9. The van der Waals surface area contributed by atoms with E-state index in [4.69, 9.17) is 21.4 Å². The molecule has 0 fully saturated rings. The van der Waals surface area contributed by atoms with E-state index in [0.717, 1.165) is 6.07 Å². The summed E-state index contributed by atoms with van der Waals surface area (Å²) in [5.74, 6) is -1.87. The van der Waals surface area contributed by atoms with Crippen LogP contribution in [0.3, 0.4) is 0 Å². The average molecular weight is 310 g/mol. The predicted molar refractivity (Wildman–Crippen MR) is 74.8 cm³/mol. The van der Waals surface area contributed by atoms with Crippen molar-refractivity contribution in [3.05, 3.63) is 40.9 Å². The van der Waals surface area contributed by atoms with Crippen LogP contribution in [-0.4, -0.2) is 26.9 Å². The Morgan fingerprint density at radius 3 is 2.38 bits per heavy atom. The lowest BCUT2D eigenvalue weighted by Gasteiger charge is -2.03. The van der Waals surface area contributed by atoms with E-state index in [9.17, 15) is 14.7 Å². The number of rotatable bonds is 5. The lowest BCUT2D eigenvalue weighted by molar-refractivity contribution is -0.134. The second-order valence-corrected chi connectivity index (χ2v) is 4.71. The summed E-state index contributed by atoms with van der Waals surface area (Å²) in [4.78, 5) is 25.6. The van der Waals surface area contributed by atoms with Gasteiger partial charge in [0, 0.05) is 23.1 Å². The van der Waals surface area contributed by atoms with Crippen LogP contribution in [0.15, 0.2) is 30.3 Å². The number of nitrogens with one attached hydrogen (secondary N) is 1. The largest absolute Gasteiger partial charge is 0.494 e. The van der Waals surface area contributed by atoms with Crippen molar-refractivity contribution in [2.75, 3.05) is 0 Å². The van der Waals surface area contributed by atoms with E-state index >= 15 is 0 Å². The maximum atomic E-state index is 11.8. The van der Waals surface area contributed by atoms with Gasteiger partial charge in [0.05, 0.1) is 6.42 Å². The van der Waals surface area contributed by atoms with Crippen molar-refractivity contribution in [2.45, 2.75) is 12.8 Å². The molecule has 0 amide bonds. The number of aromatic nitrogens is 1. The van der Waals surface area contributed by atoms with Crippen molar-refractivity contribution < 1.29 is 24.5 Å². The molecule has 21 heavy (non-hydrogen) atoms. The maximum Gasteiger partial charge on any atom is 0.311 e. The zero-order valence-corrected chi connectivity index (χ0v) is 11.6. The number of carbonyl (C=O) groups excluding carboxylic acids is 2. The van der Waals surface area contributed by atoms with Gasteiger partial charge in [-0.3, -0.25) is 14.6 Å². The highest BCUT2D eigenvalue weighted by Crippen LogP contribution is 2.29. The molecule has 0 atom stereocenters. The van der Waals surface area contributed by atoms with Crippen LogP contribution in [0, 0.1) is 0 Å². The van der Waals surface area contributed by atoms with Crippen LogP contribution >= 0.6 is 11.6 Å². The molecular weight excluding hydrogens is 298 g/mol. The third-order valence-corrected chi connectivity index (χ3v) is 2.95. The summed E-state index contributed by atoms with van der Waals surface area (Å²) in [7, 11) is 0. The molecule has 0 aliphatic heterocycles. The molecule has 1 aromatic heterocycles. The fraction of sp³-hybridized carbons (Fsp3) is 0.143. The lowest BCUT2D eigenvalue weighted by atomic mass is 10.1. The molecule has 0 spiro atoms. The molecule has 0 aliphatic carbocycles. The Labute approximate surface area is 124 Å². The van der Waals surface area contributed by atoms with E-state index in [0.29, 0.717) is 10.6 Å². The SMILES string of the molecule is O=C(CCC(=O)c1ccc(Cl)cc1)Oc1cc(O)[nH]c1O. The number of aromatic amines is 1. The second kappa shape index (κ2) is 6.32. The monoisotopic (exact) mass is 309 g/mol. The molecule has 0 saturated carbocycles. The molecular formula is C14H12ClNO5. The molecule has 110 valence electrons. The Bertz CT molecular complexity index is 663. The van der Waals surface area contributed by atoms with Gasteiger partial charge in [0.1, 0.15) is 0 Å². The number of hydrogen-bond donors (Lipinski definition) is 3. The number of esters is 1. The molecule has 6 nitrogen and oxygen atoms in total. The second-order valence-electron chi connectivity index (χ2n) is 4.27. The van der Waals surface area contributed by atoms with E-state index in [1.54, 1.807) is 24.3 Å². The first kappa shape index (κ1) is 14.9. The molecule has 0 radical (unpaired) electrons. The van der Waals surface area contributed by atoms with Crippen molar-refractivity contribution in [3.63, 3.8) is 0 Å². The molecule has 2 rings (SSSR count). The van der Waals surface area contributed by atoms with E-state index in [-0.39, 0.29) is 30.3 Å². The Hall–Kier alpha value is -2.47. The summed E-state index contributed by atoms with van der Waals surface area (Å²) in [5.41, 5.74) is 0.453. The minimum atomic E-state index is -0.688.